The van der Waals surface area contributed by atoms with Crippen LogP contribution in [0, 0.1) is 6.92 Å². The van der Waals surface area contributed by atoms with Crippen molar-refractivity contribution < 1.29 is 14.6 Å². The lowest BCUT2D eigenvalue weighted by atomic mass is 10.3. The molecule has 0 spiro atoms. The van der Waals surface area contributed by atoms with Gasteiger partial charge < -0.3 is 14.7 Å². The zero-order chi connectivity index (χ0) is 8.85. The van der Waals surface area contributed by atoms with E-state index in [2.05, 4.69) is 6.92 Å². The zero-order valence-corrected chi connectivity index (χ0v) is 6.91. The maximum atomic E-state index is 10.4. The van der Waals surface area contributed by atoms with Crippen molar-refractivity contribution in [3.63, 3.8) is 0 Å². The molecular weight excluding hydrogens is 146 g/mol. The summed E-state index contributed by atoms with van der Waals surface area (Å²) in [7, 11) is 3.59. The van der Waals surface area contributed by atoms with E-state index in [-0.39, 0.29) is 6.61 Å². The average molecular weight is 160 g/mol. The molecule has 65 valence electrons. The topological polar surface area (TPSA) is 49.8 Å². The fourth-order valence-corrected chi connectivity index (χ4v) is 0.676. The largest absolute Gasteiger partial charge is 0.479 e. The third kappa shape index (κ3) is 4.75. The van der Waals surface area contributed by atoms with Crippen molar-refractivity contribution in [2.24, 2.45) is 0 Å². The molecule has 1 radical (unpaired) electrons. The molecule has 0 amide bonds. The summed E-state index contributed by atoms with van der Waals surface area (Å²) in [6, 6.07) is 0. The van der Waals surface area contributed by atoms with Gasteiger partial charge in [-0.05, 0) is 21.0 Å². The average Bonchev–Trinajstić information content (AvgIpc) is 1.86. The maximum Gasteiger partial charge on any atom is 0.334 e. The smallest absolute Gasteiger partial charge is 0.334 e. The van der Waals surface area contributed by atoms with Crippen molar-refractivity contribution in [2.45, 2.75) is 6.10 Å². The Balaban J connectivity index is 3.79. The molecule has 0 bridgehead atoms. The molecular formula is C7H14NO3. The molecule has 0 aromatic carbocycles. The predicted molar refractivity (Wildman–Crippen MR) is 41.3 cm³/mol. The first kappa shape index (κ1) is 10.4. The van der Waals surface area contributed by atoms with Crippen LogP contribution in [-0.4, -0.2) is 49.3 Å². The highest BCUT2D eigenvalue weighted by Crippen LogP contribution is 1.93. The van der Waals surface area contributed by atoms with Gasteiger partial charge >= 0.3 is 5.97 Å². The Morgan fingerprint density at radius 2 is 2.27 bits per heavy atom. The summed E-state index contributed by atoms with van der Waals surface area (Å²) in [5, 5.41) is 8.57. The standard InChI is InChI=1S/C7H14NO3/c1-4-11-6(7(9)10)5-8(2)3/h6H,1,4-5H2,2-3H3,(H,9,10). The van der Waals surface area contributed by atoms with E-state index in [1.54, 1.807) is 19.0 Å². The van der Waals surface area contributed by atoms with Crippen molar-refractivity contribution in [2.75, 3.05) is 27.2 Å². The lowest BCUT2D eigenvalue weighted by Gasteiger charge is -2.16. The SMILES string of the molecule is [CH2]COC(CN(C)C)C(=O)O. The van der Waals surface area contributed by atoms with Crippen LogP contribution in [0.2, 0.25) is 0 Å². The van der Waals surface area contributed by atoms with Crippen molar-refractivity contribution in [1.29, 1.82) is 0 Å². The normalized spacial score (nSPS) is 13.5. The molecule has 0 rings (SSSR count). The van der Waals surface area contributed by atoms with Gasteiger partial charge in [0.2, 0.25) is 0 Å². The molecule has 0 aromatic rings. The Kier molecular flexibility index (Phi) is 4.81. The molecule has 0 aliphatic heterocycles. The Morgan fingerprint density at radius 3 is 2.55 bits per heavy atom. The van der Waals surface area contributed by atoms with E-state index in [0.717, 1.165) is 0 Å². The molecule has 1 unspecified atom stereocenters. The Labute approximate surface area is 66.8 Å². The number of ether oxygens (including phenoxy) is 1. The van der Waals surface area contributed by atoms with E-state index in [4.69, 9.17) is 9.84 Å². The van der Waals surface area contributed by atoms with Crippen molar-refractivity contribution >= 4 is 5.97 Å². The van der Waals surface area contributed by atoms with E-state index in [9.17, 15) is 4.79 Å². The zero-order valence-electron chi connectivity index (χ0n) is 6.91. The highest BCUT2D eigenvalue weighted by molar-refractivity contribution is 5.72. The third-order valence-corrected chi connectivity index (χ3v) is 1.13. The quantitative estimate of drug-likeness (QED) is 0.607. The number of hydrogen-bond donors (Lipinski definition) is 1. The molecule has 1 N–H and O–H groups in total. The second kappa shape index (κ2) is 5.09. The van der Waals surface area contributed by atoms with Gasteiger partial charge in [0.05, 0.1) is 0 Å². The molecule has 0 saturated heterocycles. The number of hydrogen-bond acceptors (Lipinski definition) is 3. The van der Waals surface area contributed by atoms with Crippen LogP contribution in [-0.2, 0) is 9.53 Å². The summed E-state index contributed by atoms with van der Waals surface area (Å²) < 4.78 is 4.86. The van der Waals surface area contributed by atoms with Crippen LogP contribution >= 0.6 is 0 Å². The maximum absolute atomic E-state index is 10.4. The van der Waals surface area contributed by atoms with Crippen LogP contribution in [0.3, 0.4) is 0 Å². The number of nitrogens with zero attached hydrogens (tertiary/aromatic N) is 1. The second-order valence-electron chi connectivity index (χ2n) is 2.46. The number of carboxylic acid groups (broad SMARTS) is 1. The molecule has 11 heavy (non-hydrogen) atoms. The summed E-state index contributed by atoms with van der Waals surface area (Å²) in [4.78, 5) is 12.2. The van der Waals surface area contributed by atoms with Crippen LogP contribution in [0.4, 0.5) is 0 Å². The fourth-order valence-electron chi connectivity index (χ4n) is 0.676. The first-order chi connectivity index (χ1) is 5.07. The van der Waals surface area contributed by atoms with Crippen LogP contribution in [0.1, 0.15) is 0 Å². The number of carboxylic acids is 1. The van der Waals surface area contributed by atoms with E-state index in [1.165, 1.54) is 0 Å². The van der Waals surface area contributed by atoms with E-state index in [1.807, 2.05) is 0 Å². The summed E-state index contributed by atoms with van der Waals surface area (Å²) in [6.45, 7) is 3.98. The first-order valence-electron chi connectivity index (χ1n) is 3.36. The number of carbonyl (C=O) groups is 1. The van der Waals surface area contributed by atoms with E-state index >= 15 is 0 Å². The van der Waals surface area contributed by atoms with Crippen LogP contribution in [0.15, 0.2) is 0 Å². The highest BCUT2D eigenvalue weighted by atomic mass is 16.5. The van der Waals surface area contributed by atoms with Crippen LogP contribution in [0.5, 0.6) is 0 Å². The highest BCUT2D eigenvalue weighted by Gasteiger charge is 2.17. The van der Waals surface area contributed by atoms with Gasteiger partial charge in [-0.3, -0.25) is 0 Å². The summed E-state index contributed by atoms with van der Waals surface area (Å²) in [5.74, 6) is -0.942. The molecule has 0 aromatic heterocycles. The molecule has 0 heterocycles. The Bertz CT molecular complexity index is 125. The number of aliphatic carboxylic acids is 1. The van der Waals surface area contributed by atoms with Crippen molar-refractivity contribution in [3.05, 3.63) is 6.92 Å². The lowest BCUT2D eigenvalue weighted by Crippen LogP contribution is -2.34. The molecule has 0 fully saturated rings. The second-order valence-corrected chi connectivity index (χ2v) is 2.46. The van der Waals surface area contributed by atoms with Gasteiger partial charge in [0.1, 0.15) is 0 Å². The molecule has 4 heteroatoms. The predicted octanol–water partition coefficient (Wildman–Crippen LogP) is -0.148. The monoisotopic (exact) mass is 160 g/mol. The van der Waals surface area contributed by atoms with Gasteiger partial charge in [-0.1, -0.05) is 0 Å². The molecule has 4 nitrogen and oxygen atoms in total. The van der Waals surface area contributed by atoms with Gasteiger partial charge in [-0.2, -0.15) is 0 Å². The lowest BCUT2D eigenvalue weighted by molar-refractivity contribution is -0.150. The molecule has 0 aliphatic rings. The summed E-state index contributed by atoms with van der Waals surface area (Å²) in [5.41, 5.74) is 0. The van der Waals surface area contributed by atoms with Crippen molar-refractivity contribution in [3.8, 4) is 0 Å². The number of rotatable bonds is 5. The van der Waals surface area contributed by atoms with Gasteiger partial charge in [-0.25, -0.2) is 4.79 Å². The van der Waals surface area contributed by atoms with E-state index in [0.29, 0.717) is 6.54 Å². The van der Waals surface area contributed by atoms with Crippen LogP contribution in [0.25, 0.3) is 0 Å². The summed E-state index contributed by atoms with van der Waals surface area (Å²) >= 11 is 0. The van der Waals surface area contributed by atoms with Crippen molar-refractivity contribution in [1.82, 2.24) is 4.90 Å². The van der Waals surface area contributed by atoms with Gasteiger partial charge in [0, 0.05) is 13.2 Å². The van der Waals surface area contributed by atoms with Gasteiger partial charge in [-0.15, -0.1) is 0 Å². The summed E-state index contributed by atoms with van der Waals surface area (Å²) in [6.07, 6.45) is -0.762. The Hall–Kier alpha value is -0.610. The minimum Gasteiger partial charge on any atom is -0.479 e. The number of likely N-dealkylation sites (N-methyl/N-ethyl adjacent to an activating group) is 1. The first-order valence-corrected chi connectivity index (χ1v) is 3.36. The van der Waals surface area contributed by atoms with Gasteiger partial charge in [0.25, 0.3) is 0 Å². The fraction of sp³-hybridized carbons (Fsp3) is 0.714. The third-order valence-electron chi connectivity index (χ3n) is 1.13. The molecule has 1 atom stereocenters. The Morgan fingerprint density at radius 1 is 1.73 bits per heavy atom. The minimum atomic E-state index is -0.942. The molecule has 0 aliphatic carbocycles. The molecule has 0 saturated carbocycles. The van der Waals surface area contributed by atoms with Crippen LogP contribution < -0.4 is 0 Å². The minimum absolute atomic E-state index is 0.185. The van der Waals surface area contributed by atoms with Gasteiger partial charge in [0.15, 0.2) is 6.10 Å². The van der Waals surface area contributed by atoms with E-state index < -0.39 is 12.1 Å².